The summed E-state index contributed by atoms with van der Waals surface area (Å²) >= 11 is 0. The molecule has 7 heteroatoms. The second-order valence-corrected chi connectivity index (χ2v) is 5.80. The molecule has 6 nitrogen and oxygen atoms in total. The minimum atomic E-state index is -0.308. The molecule has 0 unspecified atom stereocenters. The van der Waals surface area contributed by atoms with Crippen molar-refractivity contribution < 1.29 is 9.18 Å². The van der Waals surface area contributed by atoms with Crippen LogP contribution in [-0.2, 0) is 13.0 Å². The van der Waals surface area contributed by atoms with Gasteiger partial charge in [0.1, 0.15) is 11.6 Å². The number of benzene rings is 2. The molecule has 0 atom stereocenters. The molecule has 0 spiro atoms. The predicted octanol–water partition coefficient (Wildman–Crippen LogP) is 2.88. The normalized spacial score (nSPS) is 12.9. The molecule has 2 N–H and O–H groups in total. The SMILES string of the molecule is O=C(NCc1nc(-c2ccc(F)cc2)n[nH]1)N1CCc2ccccc21. The predicted molar refractivity (Wildman–Crippen MR) is 91.5 cm³/mol. The molecule has 0 aliphatic carbocycles. The Balaban J connectivity index is 1.41. The van der Waals surface area contributed by atoms with E-state index < -0.39 is 0 Å². The number of fused-ring (bicyclic) bond motifs is 1. The lowest BCUT2D eigenvalue weighted by molar-refractivity contribution is 0.246. The first kappa shape index (κ1) is 15.3. The smallest absolute Gasteiger partial charge is 0.322 e. The molecule has 2 amide bonds. The molecule has 126 valence electrons. The average Bonchev–Trinajstić information content (AvgIpc) is 3.27. The number of aromatic amines is 1. The summed E-state index contributed by atoms with van der Waals surface area (Å²) in [5, 5.41) is 9.75. The second-order valence-electron chi connectivity index (χ2n) is 5.80. The van der Waals surface area contributed by atoms with Crippen molar-refractivity contribution in [3.05, 3.63) is 65.7 Å². The van der Waals surface area contributed by atoms with E-state index in [4.69, 9.17) is 0 Å². The highest BCUT2D eigenvalue weighted by atomic mass is 19.1. The van der Waals surface area contributed by atoms with Crippen LogP contribution in [0.5, 0.6) is 0 Å². The van der Waals surface area contributed by atoms with E-state index in [2.05, 4.69) is 20.5 Å². The summed E-state index contributed by atoms with van der Waals surface area (Å²) < 4.78 is 13.0. The second kappa shape index (κ2) is 6.35. The molecule has 0 fully saturated rings. The van der Waals surface area contributed by atoms with Crippen LogP contribution in [0.25, 0.3) is 11.4 Å². The number of urea groups is 1. The van der Waals surface area contributed by atoms with Crippen LogP contribution in [0.1, 0.15) is 11.4 Å². The van der Waals surface area contributed by atoms with E-state index in [1.54, 1.807) is 17.0 Å². The van der Waals surface area contributed by atoms with E-state index in [0.29, 0.717) is 23.8 Å². The Morgan fingerprint density at radius 2 is 2.00 bits per heavy atom. The van der Waals surface area contributed by atoms with Crippen molar-refractivity contribution >= 4 is 11.7 Å². The first-order chi connectivity index (χ1) is 12.2. The lowest BCUT2D eigenvalue weighted by Crippen LogP contribution is -2.38. The summed E-state index contributed by atoms with van der Waals surface area (Å²) in [4.78, 5) is 18.5. The summed E-state index contributed by atoms with van der Waals surface area (Å²) in [5.41, 5.74) is 2.84. The molecule has 1 aliphatic rings. The number of nitrogens with zero attached hydrogens (tertiary/aromatic N) is 3. The fourth-order valence-electron chi connectivity index (χ4n) is 2.91. The Labute approximate surface area is 143 Å². The molecule has 25 heavy (non-hydrogen) atoms. The maximum absolute atomic E-state index is 13.0. The third-order valence-electron chi connectivity index (χ3n) is 4.17. The van der Waals surface area contributed by atoms with E-state index in [-0.39, 0.29) is 18.4 Å². The number of rotatable bonds is 3. The van der Waals surface area contributed by atoms with Crippen molar-refractivity contribution in [3.63, 3.8) is 0 Å². The zero-order chi connectivity index (χ0) is 17.2. The first-order valence-electron chi connectivity index (χ1n) is 8.01. The number of amides is 2. The van der Waals surface area contributed by atoms with Gasteiger partial charge in [0.25, 0.3) is 0 Å². The zero-order valence-electron chi connectivity index (χ0n) is 13.4. The summed E-state index contributed by atoms with van der Waals surface area (Å²) in [7, 11) is 0. The van der Waals surface area contributed by atoms with Crippen LogP contribution in [0.4, 0.5) is 14.9 Å². The van der Waals surface area contributed by atoms with Gasteiger partial charge in [-0.1, -0.05) is 18.2 Å². The number of hydrogen-bond donors (Lipinski definition) is 2. The summed E-state index contributed by atoms with van der Waals surface area (Å²) in [6.45, 7) is 0.911. The average molecular weight is 337 g/mol. The van der Waals surface area contributed by atoms with Crippen molar-refractivity contribution in [2.45, 2.75) is 13.0 Å². The van der Waals surface area contributed by atoms with Crippen LogP contribution in [-0.4, -0.2) is 27.8 Å². The Kier molecular flexibility index (Phi) is 3.89. The van der Waals surface area contributed by atoms with E-state index in [1.165, 1.54) is 17.7 Å². The molecule has 1 aromatic heterocycles. The number of nitrogens with one attached hydrogen (secondary N) is 2. The highest BCUT2D eigenvalue weighted by molar-refractivity contribution is 5.94. The van der Waals surface area contributed by atoms with Crippen LogP contribution in [0.15, 0.2) is 48.5 Å². The summed E-state index contributed by atoms with van der Waals surface area (Å²) in [6, 6.07) is 13.7. The minimum absolute atomic E-state index is 0.162. The van der Waals surface area contributed by atoms with E-state index in [1.807, 2.05) is 24.3 Å². The van der Waals surface area contributed by atoms with E-state index in [0.717, 1.165) is 12.1 Å². The van der Waals surface area contributed by atoms with Gasteiger partial charge in [-0.05, 0) is 42.3 Å². The molecule has 2 aromatic carbocycles. The van der Waals surface area contributed by atoms with Crippen LogP contribution >= 0.6 is 0 Å². The van der Waals surface area contributed by atoms with Crippen molar-refractivity contribution in [1.82, 2.24) is 20.5 Å². The molecule has 0 saturated heterocycles. The Bertz CT molecular complexity index is 906. The lowest BCUT2D eigenvalue weighted by Gasteiger charge is -2.17. The maximum atomic E-state index is 13.0. The highest BCUT2D eigenvalue weighted by Gasteiger charge is 2.23. The molecule has 0 saturated carbocycles. The van der Waals surface area contributed by atoms with Crippen LogP contribution < -0.4 is 10.2 Å². The molecular weight excluding hydrogens is 321 g/mol. The largest absolute Gasteiger partial charge is 0.330 e. The molecule has 1 aliphatic heterocycles. The zero-order valence-corrected chi connectivity index (χ0v) is 13.4. The molecule has 4 rings (SSSR count). The Morgan fingerprint density at radius 1 is 1.20 bits per heavy atom. The standard InChI is InChI=1S/C18H16FN5O/c19-14-7-5-13(6-8-14)17-21-16(22-23-17)11-20-18(25)24-10-9-12-3-1-2-4-15(12)24/h1-8H,9-11H2,(H,20,25)(H,21,22,23). The topological polar surface area (TPSA) is 73.9 Å². The van der Waals surface area contributed by atoms with Crippen molar-refractivity contribution in [2.75, 3.05) is 11.4 Å². The van der Waals surface area contributed by atoms with Gasteiger partial charge < -0.3 is 5.32 Å². The van der Waals surface area contributed by atoms with Gasteiger partial charge in [-0.15, -0.1) is 0 Å². The number of halogens is 1. The van der Waals surface area contributed by atoms with E-state index >= 15 is 0 Å². The monoisotopic (exact) mass is 337 g/mol. The minimum Gasteiger partial charge on any atom is -0.330 e. The van der Waals surface area contributed by atoms with Gasteiger partial charge in [0.15, 0.2) is 5.82 Å². The summed E-state index contributed by atoms with van der Waals surface area (Å²) in [6.07, 6.45) is 0.862. The van der Waals surface area contributed by atoms with Gasteiger partial charge in [-0.25, -0.2) is 14.2 Å². The number of hydrogen-bond acceptors (Lipinski definition) is 3. The first-order valence-corrected chi connectivity index (χ1v) is 8.01. The molecule has 3 aromatic rings. The molecule has 0 radical (unpaired) electrons. The van der Waals surface area contributed by atoms with Gasteiger partial charge in [0.2, 0.25) is 0 Å². The van der Waals surface area contributed by atoms with Crippen LogP contribution in [0.3, 0.4) is 0 Å². The number of anilines is 1. The summed E-state index contributed by atoms with van der Waals surface area (Å²) in [5.74, 6) is 0.702. The quantitative estimate of drug-likeness (QED) is 0.772. The van der Waals surface area contributed by atoms with Crippen LogP contribution in [0, 0.1) is 5.82 Å². The molecule has 0 bridgehead atoms. The van der Waals surface area contributed by atoms with Crippen molar-refractivity contribution in [2.24, 2.45) is 0 Å². The molecule has 2 heterocycles. The van der Waals surface area contributed by atoms with Gasteiger partial charge in [-0.3, -0.25) is 10.00 Å². The number of carbonyl (C=O) groups excluding carboxylic acids is 1. The van der Waals surface area contributed by atoms with Crippen molar-refractivity contribution in [3.8, 4) is 11.4 Å². The van der Waals surface area contributed by atoms with Gasteiger partial charge >= 0.3 is 6.03 Å². The third kappa shape index (κ3) is 3.08. The Morgan fingerprint density at radius 3 is 2.84 bits per heavy atom. The number of para-hydroxylation sites is 1. The third-order valence-corrected chi connectivity index (χ3v) is 4.17. The van der Waals surface area contributed by atoms with Crippen LogP contribution in [0.2, 0.25) is 0 Å². The van der Waals surface area contributed by atoms with Gasteiger partial charge in [-0.2, -0.15) is 5.10 Å². The lowest BCUT2D eigenvalue weighted by atomic mass is 10.2. The van der Waals surface area contributed by atoms with Gasteiger partial charge in [0, 0.05) is 17.8 Å². The van der Waals surface area contributed by atoms with Crippen molar-refractivity contribution in [1.29, 1.82) is 0 Å². The Hall–Kier alpha value is -3.22. The number of H-pyrrole nitrogens is 1. The number of aromatic nitrogens is 3. The maximum Gasteiger partial charge on any atom is 0.322 e. The highest BCUT2D eigenvalue weighted by Crippen LogP contribution is 2.27. The van der Waals surface area contributed by atoms with E-state index in [9.17, 15) is 9.18 Å². The number of carbonyl (C=O) groups is 1. The fourth-order valence-corrected chi connectivity index (χ4v) is 2.91. The van der Waals surface area contributed by atoms with Gasteiger partial charge in [0.05, 0.1) is 6.54 Å². The molecular formula is C18H16FN5O. The fraction of sp³-hybridized carbons (Fsp3) is 0.167.